The first-order chi connectivity index (χ1) is 14.4. The molecule has 0 saturated carbocycles. The van der Waals surface area contributed by atoms with E-state index in [1.807, 2.05) is 19.1 Å². The van der Waals surface area contributed by atoms with Crippen molar-refractivity contribution < 1.29 is 18.8 Å². The van der Waals surface area contributed by atoms with Gasteiger partial charge in [0, 0.05) is 6.54 Å². The van der Waals surface area contributed by atoms with Crippen LogP contribution in [-0.2, 0) is 16.1 Å². The minimum atomic E-state index is -0.918. The van der Waals surface area contributed by atoms with Gasteiger partial charge in [-0.3, -0.25) is 14.4 Å². The zero-order valence-corrected chi connectivity index (χ0v) is 17.1. The Morgan fingerprint density at radius 2 is 1.80 bits per heavy atom. The highest BCUT2D eigenvalue weighted by atomic mass is 32.1. The van der Waals surface area contributed by atoms with Crippen LogP contribution < -0.4 is 4.90 Å². The molecule has 1 atom stereocenters. The maximum Gasteiger partial charge on any atom is 0.264 e. The van der Waals surface area contributed by atoms with E-state index in [-0.39, 0.29) is 30.6 Å². The summed E-state index contributed by atoms with van der Waals surface area (Å²) in [6.45, 7) is 2.02. The number of amides is 3. The molecule has 0 aliphatic carbocycles. The Kier molecular flexibility index (Phi) is 5.46. The summed E-state index contributed by atoms with van der Waals surface area (Å²) in [7, 11) is 0. The lowest BCUT2D eigenvalue weighted by Gasteiger charge is -2.27. The van der Waals surface area contributed by atoms with E-state index in [0.29, 0.717) is 16.1 Å². The standard InChI is InChI=1S/C23H19FN2O3S/c1-15-4-10-18(11-5-15)26-21(27)13-19(22(26)28)25(23(29)20-3-2-12-30-20)14-16-6-8-17(24)9-7-16/h2-12,19H,13-14H2,1H3. The molecule has 4 rings (SSSR count). The van der Waals surface area contributed by atoms with Crippen molar-refractivity contribution in [1.82, 2.24) is 4.90 Å². The van der Waals surface area contributed by atoms with E-state index in [1.54, 1.807) is 41.8 Å². The van der Waals surface area contributed by atoms with Gasteiger partial charge in [0.1, 0.15) is 11.9 Å². The molecular weight excluding hydrogens is 403 g/mol. The smallest absolute Gasteiger partial charge is 0.264 e. The van der Waals surface area contributed by atoms with Crippen LogP contribution in [0.2, 0.25) is 0 Å². The van der Waals surface area contributed by atoms with Crippen LogP contribution in [-0.4, -0.2) is 28.7 Å². The van der Waals surface area contributed by atoms with Crippen molar-refractivity contribution in [3.8, 4) is 0 Å². The van der Waals surface area contributed by atoms with E-state index in [9.17, 15) is 18.8 Å². The lowest BCUT2D eigenvalue weighted by Crippen LogP contribution is -2.44. The zero-order chi connectivity index (χ0) is 21.3. The zero-order valence-electron chi connectivity index (χ0n) is 16.2. The first-order valence-corrected chi connectivity index (χ1v) is 10.3. The highest BCUT2D eigenvalue weighted by molar-refractivity contribution is 7.12. The second kappa shape index (κ2) is 8.20. The fourth-order valence-electron chi connectivity index (χ4n) is 3.48. The maximum absolute atomic E-state index is 13.3. The van der Waals surface area contributed by atoms with Gasteiger partial charge in [-0.15, -0.1) is 11.3 Å². The predicted octanol–water partition coefficient (Wildman–Crippen LogP) is 4.17. The normalized spacial score (nSPS) is 16.2. The molecule has 7 heteroatoms. The van der Waals surface area contributed by atoms with Gasteiger partial charge in [-0.05, 0) is 48.2 Å². The third-order valence-corrected chi connectivity index (χ3v) is 5.91. The fraction of sp³-hybridized carbons (Fsp3) is 0.174. The number of rotatable bonds is 5. The minimum Gasteiger partial charge on any atom is -0.321 e. The molecule has 0 radical (unpaired) electrons. The monoisotopic (exact) mass is 422 g/mol. The number of thiophene rings is 1. The van der Waals surface area contributed by atoms with Gasteiger partial charge in [0.25, 0.3) is 11.8 Å². The Bertz CT molecular complexity index is 1080. The molecule has 1 fully saturated rings. The van der Waals surface area contributed by atoms with Gasteiger partial charge >= 0.3 is 0 Å². The molecule has 3 aromatic rings. The number of carbonyl (C=O) groups is 3. The Labute approximate surface area is 177 Å². The second-order valence-corrected chi connectivity index (χ2v) is 8.11. The average molecular weight is 422 g/mol. The van der Waals surface area contributed by atoms with E-state index in [4.69, 9.17) is 0 Å². The van der Waals surface area contributed by atoms with Crippen LogP contribution in [0.1, 0.15) is 27.2 Å². The van der Waals surface area contributed by atoms with Crippen LogP contribution in [0, 0.1) is 12.7 Å². The second-order valence-electron chi connectivity index (χ2n) is 7.16. The molecule has 1 aromatic heterocycles. The number of hydrogen-bond acceptors (Lipinski definition) is 4. The number of aryl methyl sites for hydroxylation is 1. The van der Waals surface area contributed by atoms with Crippen LogP contribution in [0.5, 0.6) is 0 Å². The van der Waals surface area contributed by atoms with Crippen molar-refractivity contribution in [2.45, 2.75) is 25.9 Å². The third-order valence-electron chi connectivity index (χ3n) is 5.05. The summed E-state index contributed by atoms with van der Waals surface area (Å²) in [6, 6.07) is 15.4. The van der Waals surface area contributed by atoms with Gasteiger partial charge in [-0.2, -0.15) is 0 Å². The number of imide groups is 1. The molecule has 1 aliphatic heterocycles. The fourth-order valence-corrected chi connectivity index (χ4v) is 4.16. The Balaban J connectivity index is 1.66. The molecule has 152 valence electrons. The number of nitrogens with zero attached hydrogens (tertiary/aromatic N) is 2. The maximum atomic E-state index is 13.3. The first kappa shape index (κ1) is 20.0. The molecule has 0 spiro atoms. The van der Waals surface area contributed by atoms with Gasteiger partial charge in [0.2, 0.25) is 5.91 Å². The third kappa shape index (κ3) is 3.89. The Hall–Kier alpha value is -3.32. The van der Waals surface area contributed by atoms with Gasteiger partial charge in [0.15, 0.2) is 0 Å². The van der Waals surface area contributed by atoms with Crippen LogP contribution in [0.25, 0.3) is 0 Å². The molecule has 3 amide bonds. The van der Waals surface area contributed by atoms with E-state index in [0.717, 1.165) is 10.5 Å². The van der Waals surface area contributed by atoms with Crippen molar-refractivity contribution in [3.05, 3.63) is 87.9 Å². The summed E-state index contributed by atoms with van der Waals surface area (Å²) in [5.74, 6) is -1.49. The van der Waals surface area contributed by atoms with Crippen molar-refractivity contribution in [3.63, 3.8) is 0 Å². The molecule has 1 unspecified atom stereocenters. The summed E-state index contributed by atoms with van der Waals surface area (Å²) < 4.78 is 13.3. The quantitative estimate of drug-likeness (QED) is 0.580. The van der Waals surface area contributed by atoms with E-state index in [2.05, 4.69) is 0 Å². The van der Waals surface area contributed by atoms with Crippen molar-refractivity contribution in [2.75, 3.05) is 4.90 Å². The Morgan fingerprint density at radius 3 is 2.43 bits per heavy atom. The predicted molar refractivity (Wildman–Crippen MR) is 113 cm³/mol. The van der Waals surface area contributed by atoms with Crippen LogP contribution >= 0.6 is 11.3 Å². The topological polar surface area (TPSA) is 57.7 Å². The summed E-state index contributed by atoms with van der Waals surface area (Å²) in [4.78, 5) is 42.1. The molecule has 1 saturated heterocycles. The number of benzene rings is 2. The Morgan fingerprint density at radius 1 is 1.10 bits per heavy atom. The summed E-state index contributed by atoms with van der Waals surface area (Å²) in [5.41, 5.74) is 2.18. The molecule has 1 aliphatic rings. The highest BCUT2D eigenvalue weighted by Crippen LogP contribution is 2.28. The van der Waals surface area contributed by atoms with Gasteiger partial charge in [-0.25, -0.2) is 9.29 Å². The lowest BCUT2D eigenvalue weighted by molar-refractivity contribution is -0.122. The van der Waals surface area contributed by atoms with E-state index in [1.165, 1.54) is 28.4 Å². The summed E-state index contributed by atoms with van der Waals surface area (Å²) in [6.07, 6.45) is -0.0922. The molecular formula is C23H19FN2O3S. The lowest BCUT2D eigenvalue weighted by atomic mass is 10.1. The van der Waals surface area contributed by atoms with Crippen LogP contribution in [0.15, 0.2) is 66.0 Å². The molecule has 0 bridgehead atoms. The SMILES string of the molecule is Cc1ccc(N2C(=O)CC(N(Cc3ccc(F)cc3)C(=O)c3cccs3)C2=O)cc1. The highest BCUT2D eigenvalue weighted by Gasteiger charge is 2.44. The van der Waals surface area contributed by atoms with Crippen LogP contribution in [0.4, 0.5) is 10.1 Å². The largest absolute Gasteiger partial charge is 0.321 e. The number of halogens is 1. The van der Waals surface area contributed by atoms with Gasteiger partial charge in [0.05, 0.1) is 17.0 Å². The van der Waals surface area contributed by atoms with Crippen LogP contribution in [0.3, 0.4) is 0 Å². The summed E-state index contributed by atoms with van der Waals surface area (Å²) in [5, 5.41) is 1.78. The van der Waals surface area contributed by atoms with E-state index >= 15 is 0 Å². The van der Waals surface area contributed by atoms with Gasteiger partial charge < -0.3 is 4.90 Å². The molecule has 2 heterocycles. The molecule has 2 aromatic carbocycles. The van der Waals surface area contributed by atoms with Crippen molar-refractivity contribution in [2.24, 2.45) is 0 Å². The number of hydrogen-bond donors (Lipinski definition) is 0. The van der Waals surface area contributed by atoms with Gasteiger partial charge in [-0.1, -0.05) is 35.9 Å². The number of carbonyl (C=O) groups excluding carboxylic acids is 3. The summed E-state index contributed by atoms with van der Waals surface area (Å²) >= 11 is 1.27. The minimum absolute atomic E-state index is 0.0922. The number of anilines is 1. The van der Waals surface area contributed by atoms with E-state index < -0.39 is 11.9 Å². The van der Waals surface area contributed by atoms with Crippen molar-refractivity contribution >= 4 is 34.7 Å². The molecule has 5 nitrogen and oxygen atoms in total. The van der Waals surface area contributed by atoms with Crippen molar-refractivity contribution in [1.29, 1.82) is 0 Å². The average Bonchev–Trinajstić information content (AvgIpc) is 3.37. The first-order valence-electron chi connectivity index (χ1n) is 9.46. The molecule has 30 heavy (non-hydrogen) atoms. The molecule has 0 N–H and O–H groups in total.